The first-order chi connectivity index (χ1) is 9.70. The number of rotatable bonds is 5. The Morgan fingerprint density at radius 1 is 1.05 bits per heavy atom. The Labute approximate surface area is 127 Å². The molecule has 0 fully saturated rings. The largest absolute Gasteiger partial charge is 0.247 e. The van der Waals surface area contributed by atoms with Crippen LogP contribution in [0.3, 0.4) is 0 Å². The van der Waals surface area contributed by atoms with Gasteiger partial charge >= 0.3 is 0 Å². The molecule has 0 aliphatic carbocycles. The van der Waals surface area contributed by atoms with E-state index in [1.54, 1.807) is 31.2 Å². The van der Waals surface area contributed by atoms with Gasteiger partial charge in [0.25, 0.3) is 0 Å². The van der Waals surface area contributed by atoms with E-state index in [0.717, 1.165) is 11.3 Å². The van der Waals surface area contributed by atoms with Crippen LogP contribution in [-0.4, -0.2) is 16.8 Å². The molecule has 21 heavy (non-hydrogen) atoms. The van der Waals surface area contributed by atoms with Crippen LogP contribution < -0.4 is 9.86 Å². The van der Waals surface area contributed by atoms with Crippen LogP contribution >= 0.6 is 11.3 Å². The van der Waals surface area contributed by atoms with Gasteiger partial charge in [0, 0.05) is 4.88 Å². The van der Waals surface area contributed by atoms with Crippen LogP contribution in [0.1, 0.15) is 17.8 Å². The number of nitrogens with two attached hydrogens (primary N) is 1. The lowest BCUT2D eigenvalue weighted by Gasteiger charge is -2.12. The third kappa shape index (κ3) is 3.89. The summed E-state index contributed by atoms with van der Waals surface area (Å²) in [4.78, 5) is 0.721. The molecule has 1 aromatic carbocycles. The minimum absolute atomic E-state index is 0.00302. The number of thiophene rings is 1. The van der Waals surface area contributed by atoms with Gasteiger partial charge in [-0.1, -0.05) is 18.2 Å². The summed E-state index contributed by atoms with van der Waals surface area (Å²) in [5, 5.41) is 5.03. The van der Waals surface area contributed by atoms with Crippen molar-refractivity contribution in [2.45, 2.75) is 22.1 Å². The molecule has 1 unspecified atom stereocenters. The van der Waals surface area contributed by atoms with Crippen LogP contribution in [0.5, 0.6) is 0 Å². The second kappa shape index (κ2) is 5.85. The molecule has 1 heterocycles. The van der Waals surface area contributed by atoms with Gasteiger partial charge in [0.1, 0.15) is 4.21 Å². The summed E-state index contributed by atoms with van der Waals surface area (Å²) in [6, 6.07) is 10.3. The molecule has 0 spiro atoms. The van der Waals surface area contributed by atoms with Gasteiger partial charge in [0.05, 0.1) is 10.9 Å². The van der Waals surface area contributed by atoms with E-state index in [2.05, 4.69) is 4.72 Å². The van der Waals surface area contributed by atoms with Crippen molar-refractivity contribution in [3.63, 3.8) is 0 Å². The highest BCUT2D eigenvalue weighted by molar-refractivity contribution is 7.91. The number of sulfonamides is 2. The molecule has 0 saturated heterocycles. The van der Waals surface area contributed by atoms with E-state index in [1.807, 2.05) is 0 Å². The second-order valence-corrected chi connectivity index (χ2v) is 8.98. The van der Waals surface area contributed by atoms with Crippen molar-refractivity contribution in [1.29, 1.82) is 0 Å². The fourth-order valence-electron chi connectivity index (χ4n) is 1.68. The van der Waals surface area contributed by atoms with Crippen LogP contribution in [0, 0.1) is 0 Å². The lowest BCUT2D eigenvalue weighted by molar-refractivity contribution is 0.568. The molecule has 6 nitrogen and oxygen atoms in total. The van der Waals surface area contributed by atoms with E-state index in [9.17, 15) is 16.8 Å². The Hall–Kier alpha value is -1.26. The van der Waals surface area contributed by atoms with Crippen molar-refractivity contribution in [3.8, 4) is 0 Å². The van der Waals surface area contributed by atoms with Gasteiger partial charge in [0.2, 0.25) is 20.0 Å². The zero-order valence-corrected chi connectivity index (χ0v) is 13.5. The first-order valence-electron chi connectivity index (χ1n) is 5.90. The van der Waals surface area contributed by atoms with Gasteiger partial charge in [-0.25, -0.2) is 26.7 Å². The average molecular weight is 346 g/mol. The fourth-order valence-corrected chi connectivity index (χ4v) is 4.75. The van der Waals surface area contributed by atoms with Gasteiger partial charge in [0.15, 0.2) is 0 Å². The van der Waals surface area contributed by atoms with Gasteiger partial charge in [-0.15, -0.1) is 11.3 Å². The third-order valence-electron chi connectivity index (χ3n) is 2.69. The van der Waals surface area contributed by atoms with Crippen LogP contribution in [0.4, 0.5) is 0 Å². The third-order valence-corrected chi connectivity index (χ3v) is 6.96. The van der Waals surface area contributed by atoms with Crippen LogP contribution in [-0.2, 0) is 20.0 Å². The first-order valence-corrected chi connectivity index (χ1v) is 9.75. The SMILES string of the molecule is CC(NS(=O)(=O)c1ccccc1)c1ccc(S(N)(=O)=O)s1. The van der Waals surface area contributed by atoms with Gasteiger partial charge in [-0.2, -0.15) is 0 Å². The summed E-state index contributed by atoms with van der Waals surface area (Å²) in [6.07, 6.45) is 0. The summed E-state index contributed by atoms with van der Waals surface area (Å²) in [5.41, 5.74) is 0. The molecular weight excluding hydrogens is 332 g/mol. The number of hydrogen-bond donors (Lipinski definition) is 2. The molecule has 1 aromatic heterocycles. The summed E-state index contributed by atoms with van der Waals surface area (Å²) in [7, 11) is -7.43. The molecule has 114 valence electrons. The van der Waals surface area contributed by atoms with Crippen molar-refractivity contribution >= 4 is 31.4 Å². The quantitative estimate of drug-likeness (QED) is 0.854. The standard InChI is InChI=1S/C12H14N2O4S3/c1-9(11-7-8-12(19-11)20(13,15)16)14-21(17,18)10-5-3-2-4-6-10/h2-9,14H,1H3,(H2,13,15,16). The lowest BCUT2D eigenvalue weighted by atomic mass is 10.3. The Bertz CT molecular complexity index is 826. The maximum Gasteiger partial charge on any atom is 0.247 e. The highest BCUT2D eigenvalue weighted by Crippen LogP contribution is 2.26. The average Bonchev–Trinajstić information content (AvgIpc) is 2.89. The monoisotopic (exact) mass is 346 g/mol. The van der Waals surface area contributed by atoms with Gasteiger partial charge < -0.3 is 0 Å². The normalized spacial score (nSPS) is 14.0. The molecule has 3 N–H and O–H groups in total. The van der Waals surface area contributed by atoms with Crippen LogP contribution in [0.25, 0.3) is 0 Å². The highest BCUT2D eigenvalue weighted by Gasteiger charge is 2.20. The zero-order valence-electron chi connectivity index (χ0n) is 11.1. The van der Waals surface area contributed by atoms with Crippen molar-refractivity contribution < 1.29 is 16.8 Å². The van der Waals surface area contributed by atoms with Crippen LogP contribution in [0.15, 0.2) is 51.6 Å². The molecular formula is C12H14N2O4S3. The number of benzene rings is 1. The van der Waals surface area contributed by atoms with Crippen LogP contribution in [0.2, 0.25) is 0 Å². The lowest BCUT2D eigenvalue weighted by Crippen LogP contribution is -2.26. The topological polar surface area (TPSA) is 106 Å². The number of nitrogens with one attached hydrogen (secondary N) is 1. The maximum absolute atomic E-state index is 12.2. The molecule has 1 atom stereocenters. The molecule has 9 heteroatoms. The van der Waals surface area contributed by atoms with Crippen molar-refractivity contribution in [3.05, 3.63) is 47.3 Å². The second-order valence-electron chi connectivity index (χ2n) is 4.36. The molecule has 0 aliphatic heterocycles. The minimum atomic E-state index is -3.77. The van der Waals surface area contributed by atoms with Crippen molar-refractivity contribution in [2.24, 2.45) is 5.14 Å². The first kappa shape index (κ1) is 16.1. The van der Waals surface area contributed by atoms with Crippen molar-refractivity contribution in [1.82, 2.24) is 4.72 Å². The van der Waals surface area contributed by atoms with Gasteiger partial charge in [-0.3, -0.25) is 0 Å². The van der Waals surface area contributed by atoms with E-state index >= 15 is 0 Å². The Morgan fingerprint density at radius 3 is 2.19 bits per heavy atom. The number of hydrogen-bond acceptors (Lipinski definition) is 5. The molecule has 0 saturated carbocycles. The summed E-state index contributed by atoms with van der Waals surface area (Å²) < 4.78 is 49.3. The molecule has 0 radical (unpaired) electrons. The smallest absolute Gasteiger partial charge is 0.224 e. The van der Waals surface area contributed by atoms with E-state index in [0.29, 0.717) is 4.88 Å². The molecule has 0 bridgehead atoms. The number of primary sulfonamides is 1. The molecule has 0 amide bonds. The van der Waals surface area contributed by atoms with E-state index < -0.39 is 26.1 Å². The summed E-state index contributed by atoms with van der Waals surface area (Å²) in [6.45, 7) is 1.64. The Morgan fingerprint density at radius 2 is 1.67 bits per heavy atom. The Balaban J connectivity index is 2.22. The Kier molecular flexibility index (Phi) is 4.49. The minimum Gasteiger partial charge on any atom is -0.224 e. The van der Waals surface area contributed by atoms with E-state index in [1.165, 1.54) is 18.2 Å². The zero-order chi connectivity index (χ0) is 15.7. The molecule has 2 rings (SSSR count). The van der Waals surface area contributed by atoms with Gasteiger partial charge in [-0.05, 0) is 31.2 Å². The van der Waals surface area contributed by atoms with Crippen molar-refractivity contribution in [2.75, 3.05) is 0 Å². The predicted octanol–water partition coefficient (Wildman–Crippen LogP) is 1.44. The molecule has 0 aliphatic rings. The fraction of sp³-hybridized carbons (Fsp3) is 0.167. The van der Waals surface area contributed by atoms with E-state index in [-0.39, 0.29) is 9.10 Å². The highest BCUT2D eigenvalue weighted by atomic mass is 32.2. The molecule has 2 aromatic rings. The summed E-state index contributed by atoms with van der Waals surface area (Å²) in [5.74, 6) is 0. The predicted molar refractivity (Wildman–Crippen MR) is 80.9 cm³/mol. The van der Waals surface area contributed by atoms with E-state index in [4.69, 9.17) is 5.14 Å². The maximum atomic E-state index is 12.2. The summed E-state index contributed by atoms with van der Waals surface area (Å²) >= 11 is 0.944.